The molecule has 0 radical (unpaired) electrons. The molecule has 1 aromatic heterocycles. The highest BCUT2D eigenvalue weighted by molar-refractivity contribution is 7.94. The quantitative estimate of drug-likeness (QED) is 0.135. The van der Waals surface area contributed by atoms with E-state index in [1.807, 2.05) is 13.8 Å². The molecule has 0 spiro atoms. The lowest BCUT2D eigenvalue weighted by atomic mass is 10.0. The molecule has 34 heavy (non-hydrogen) atoms. The molecule has 11 nitrogen and oxygen atoms in total. The first kappa shape index (κ1) is 24.0. The molecule has 3 aromatic carbocycles. The molecule has 5 rings (SSSR count). The Kier molecular flexibility index (Phi) is 6.51. The van der Waals surface area contributed by atoms with Crippen molar-refractivity contribution in [3.05, 3.63) is 48.0 Å². The number of hydrogen-bond acceptors (Lipinski definition) is 11. The van der Waals surface area contributed by atoms with Crippen molar-refractivity contribution < 1.29 is 37.2 Å². The summed E-state index contributed by atoms with van der Waals surface area (Å²) in [4.78, 5) is 25.9. The number of aromatic nitrogens is 2. The van der Waals surface area contributed by atoms with Gasteiger partial charge in [0.2, 0.25) is 0 Å². The van der Waals surface area contributed by atoms with Crippen LogP contribution in [0.3, 0.4) is 0 Å². The predicted molar refractivity (Wildman–Crippen MR) is 123 cm³/mol. The highest BCUT2D eigenvalue weighted by Gasteiger charge is 2.29. The van der Waals surface area contributed by atoms with E-state index in [0.29, 0.717) is 49.2 Å². The molecule has 0 saturated carbocycles. The average molecular weight is 504 g/mol. The van der Waals surface area contributed by atoms with Crippen molar-refractivity contribution in [1.82, 2.24) is 9.97 Å². The zero-order valence-electron chi connectivity index (χ0n) is 17.7. The van der Waals surface area contributed by atoms with Crippen molar-refractivity contribution in [1.29, 1.82) is 0 Å². The molecule has 0 saturated heterocycles. The van der Waals surface area contributed by atoms with Gasteiger partial charge in [0.15, 0.2) is 0 Å². The lowest BCUT2D eigenvalue weighted by molar-refractivity contribution is -0.432. The maximum Gasteiger partial charge on any atom is 0.356 e. The van der Waals surface area contributed by atoms with E-state index in [0.717, 1.165) is 12.0 Å². The van der Waals surface area contributed by atoms with Crippen LogP contribution in [0.15, 0.2) is 52.3 Å². The molecule has 0 atom stereocenters. The van der Waals surface area contributed by atoms with Crippen molar-refractivity contribution in [2.45, 2.75) is 23.6 Å². The molecule has 1 aliphatic rings. The van der Waals surface area contributed by atoms with Crippen LogP contribution in [0.2, 0.25) is 0 Å². The molecule has 1 aliphatic carbocycles. The van der Waals surface area contributed by atoms with E-state index in [9.17, 15) is 17.8 Å². The van der Waals surface area contributed by atoms with E-state index in [4.69, 9.17) is 11.2 Å². The Hall–Kier alpha value is -3.17. The summed E-state index contributed by atoms with van der Waals surface area (Å²) in [6.07, 6.45) is 0. The fourth-order valence-corrected chi connectivity index (χ4v) is 4.65. The number of nitrogens with two attached hydrogens (primary N) is 1. The van der Waals surface area contributed by atoms with Gasteiger partial charge in [-0.2, -0.15) is 14.3 Å². The van der Waals surface area contributed by atoms with Crippen LogP contribution in [-0.4, -0.2) is 34.2 Å². The van der Waals surface area contributed by atoms with E-state index in [1.165, 1.54) is 24.3 Å². The van der Waals surface area contributed by atoms with Crippen LogP contribution in [0.25, 0.3) is 44.3 Å². The Morgan fingerprint density at radius 2 is 1.68 bits per heavy atom. The molecule has 0 bridgehead atoms. The second-order valence-corrected chi connectivity index (χ2v) is 8.97. The number of nitrogens with zero attached hydrogens (tertiary/aromatic N) is 2. The van der Waals surface area contributed by atoms with Gasteiger partial charge in [-0.25, -0.2) is 20.0 Å². The van der Waals surface area contributed by atoms with Gasteiger partial charge in [-0.15, -0.1) is 4.33 Å². The van der Waals surface area contributed by atoms with E-state index < -0.39 is 16.1 Å². The van der Waals surface area contributed by atoms with Crippen LogP contribution in [0.1, 0.15) is 24.2 Å². The van der Waals surface area contributed by atoms with Crippen molar-refractivity contribution in [2.24, 2.45) is 5.90 Å². The molecule has 0 unspecified atom stereocenters. The van der Waals surface area contributed by atoms with Gasteiger partial charge in [0.25, 0.3) is 10.1 Å². The predicted octanol–water partition coefficient (Wildman–Crippen LogP) is 4.16. The summed E-state index contributed by atoms with van der Waals surface area (Å²) in [6.45, 7) is 4.00. The number of hydrogen-bond donors (Lipinski definition) is 3. The molecule has 176 valence electrons. The molecule has 0 amide bonds. The molecular formula is C21H17N3O8S2. The fraction of sp³-hybridized carbons (Fsp3) is 0.0952. The summed E-state index contributed by atoms with van der Waals surface area (Å²) in [5.41, 5.74) is 2.79. The maximum absolute atomic E-state index is 12.1. The second-order valence-electron chi connectivity index (χ2n) is 6.77. The summed E-state index contributed by atoms with van der Waals surface area (Å²) >= 11 is 0.755. The molecular weight excluding hydrogens is 486 g/mol. The van der Waals surface area contributed by atoms with Crippen LogP contribution in [0.5, 0.6) is 0 Å². The van der Waals surface area contributed by atoms with Gasteiger partial charge >= 0.3 is 5.97 Å². The Morgan fingerprint density at radius 3 is 2.32 bits per heavy atom. The molecule has 0 aliphatic heterocycles. The zero-order valence-corrected chi connectivity index (χ0v) is 19.3. The molecule has 1 heterocycles. The summed E-state index contributed by atoms with van der Waals surface area (Å²) < 4.78 is 37.8. The SMILES string of the molecule is CC.NOC(=O)c1cc2c3c(cc(S(=O)(=O)O)cc3c1)-c1nc3ccc(SOOO)cc3nc1-2. The third-order valence-corrected chi connectivity index (χ3v) is 6.38. The minimum atomic E-state index is -4.54. The Morgan fingerprint density at radius 1 is 1.00 bits per heavy atom. The third-order valence-electron chi connectivity index (χ3n) is 4.97. The van der Waals surface area contributed by atoms with E-state index >= 15 is 0 Å². The first-order valence-corrected chi connectivity index (χ1v) is 12.0. The molecule has 13 heteroatoms. The Balaban J connectivity index is 0.00000133. The summed E-state index contributed by atoms with van der Waals surface area (Å²) in [6, 6.07) is 10.5. The molecule has 0 fully saturated rings. The van der Waals surface area contributed by atoms with Gasteiger partial charge in [0, 0.05) is 21.4 Å². The largest absolute Gasteiger partial charge is 0.370 e. The topological polar surface area (TPSA) is 171 Å². The summed E-state index contributed by atoms with van der Waals surface area (Å²) in [5, 5.41) is 12.9. The lowest BCUT2D eigenvalue weighted by Crippen LogP contribution is -2.10. The van der Waals surface area contributed by atoms with Gasteiger partial charge in [-0.1, -0.05) is 18.9 Å². The highest BCUT2D eigenvalue weighted by atomic mass is 32.2. The lowest BCUT2D eigenvalue weighted by Gasteiger charge is -2.07. The molecule has 4 aromatic rings. The van der Waals surface area contributed by atoms with Crippen molar-refractivity contribution >= 4 is 49.9 Å². The smallest absolute Gasteiger partial charge is 0.356 e. The van der Waals surface area contributed by atoms with E-state index in [2.05, 4.69) is 24.2 Å². The number of carbonyl (C=O) groups is 1. The van der Waals surface area contributed by atoms with Crippen LogP contribution in [0.4, 0.5) is 0 Å². The maximum atomic E-state index is 12.1. The second kappa shape index (κ2) is 9.23. The number of fused-ring (bicyclic) bond motifs is 4. The van der Waals surface area contributed by atoms with Crippen molar-refractivity contribution in [2.75, 3.05) is 0 Å². The van der Waals surface area contributed by atoms with Crippen LogP contribution in [0, 0.1) is 0 Å². The minimum Gasteiger partial charge on any atom is -0.370 e. The average Bonchev–Trinajstić information content (AvgIpc) is 3.14. The fourth-order valence-electron chi connectivity index (χ4n) is 3.71. The van der Waals surface area contributed by atoms with Crippen molar-refractivity contribution in [3.63, 3.8) is 0 Å². The third kappa shape index (κ3) is 4.10. The van der Waals surface area contributed by atoms with Crippen LogP contribution < -0.4 is 5.90 Å². The van der Waals surface area contributed by atoms with E-state index in [1.54, 1.807) is 18.2 Å². The number of carbonyl (C=O) groups excluding carboxylic acids is 1. The number of benzene rings is 3. The van der Waals surface area contributed by atoms with Gasteiger partial charge in [-0.05, 0) is 47.9 Å². The first-order valence-electron chi connectivity index (χ1n) is 9.78. The van der Waals surface area contributed by atoms with Gasteiger partial charge in [0.1, 0.15) is 0 Å². The van der Waals surface area contributed by atoms with Crippen molar-refractivity contribution in [3.8, 4) is 22.5 Å². The minimum absolute atomic E-state index is 0.0704. The highest BCUT2D eigenvalue weighted by Crippen LogP contribution is 2.47. The van der Waals surface area contributed by atoms with Gasteiger partial charge < -0.3 is 4.84 Å². The van der Waals surface area contributed by atoms with Crippen LogP contribution in [-0.2, 0) is 24.3 Å². The molecule has 4 N–H and O–H groups in total. The van der Waals surface area contributed by atoms with Gasteiger partial charge in [0.05, 0.1) is 44.9 Å². The first-order chi connectivity index (χ1) is 16.3. The number of rotatable bonds is 5. The zero-order chi connectivity index (χ0) is 24.6. The summed E-state index contributed by atoms with van der Waals surface area (Å²) in [5.74, 6) is 4.19. The monoisotopic (exact) mass is 503 g/mol. The normalized spacial score (nSPS) is 11.8. The van der Waals surface area contributed by atoms with Gasteiger partial charge in [-0.3, -0.25) is 4.55 Å². The standard InChI is InChI=1S/C19H11N3O8S2.C2H6/c20-28-19(23)9-3-8-4-11(32(25,26)27)7-13-16(8)12(5-9)17-18(13)21-14-2-1-10(31-30-29-24)6-15(14)22-17;1-2/h1-7,24H,20H2,(H,25,26,27);1-2H3. The van der Waals surface area contributed by atoms with Crippen LogP contribution >= 0.6 is 12.0 Å². The summed E-state index contributed by atoms with van der Waals surface area (Å²) in [7, 11) is -4.54. The van der Waals surface area contributed by atoms with E-state index in [-0.39, 0.29) is 10.5 Å². The Bertz CT molecular complexity index is 1560. The Labute approximate surface area is 197 Å².